The first kappa shape index (κ1) is 21.7. The molecule has 160 valence electrons. The van der Waals surface area contributed by atoms with Crippen LogP contribution < -0.4 is 10.1 Å². The third kappa shape index (κ3) is 4.60. The second-order valence-electron chi connectivity index (χ2n) is 7.12. The van der Waals surface area contributed by atoms with E-state index in [-0.39, 0.29) is 23.0 Å². The lowest BCUT2D eigenvalue weighted by molar-refractivity contribution is -0.384. The van der Waals surface area contributed by atoms with E-state index in [1.165, 1.54) is 35.7 Å². The minimum Gasteiger partial charge on any atom is -0.497 e. The van der Waals surface area contributed by atoms with Crippen molar-refractivity contribution < 1.29 is 22.9 Å². The molecule has 9 nitrogen and oxygen atoms in total. The van der Waals surface area contributed by atoms with Crippen molar-refractivity contribution in [3.63, 3.8) is 0 Å². The van der Waals surface area contributed by atoms with E-state index >= 15 is 0 Å². The summed E-state index contributed by atoms with van der Waals surface area (Å²) in [6, 6.07) is 10.3. The summed E-state index contributed by atoms with van der Waals surface area (Å²) < 4.78 is 32.3. The largest absolute Gasteiger partial charge is 0.497 e. The van der Waals surface area contributed by atoms with Crippen LogP contribution in [0.4, 0.5) is 11.4 Å². The fourth-order valence-corrected chi connectivity index (χ4v) is 4.89. The first-order valence-corrected chi connectivity index (χ1v) is 10.9. The van der Waals surface area contributed by atoms with E-state index in [9.17, 15) is 23.3 Å². The summed E-state index contributed by atoms with van der Waals surface area (Å²) in [5.74, 6) is -0.351. The number of nitrogens with one attached hydrogen (secondary N) is 1. The van der Waals surface area contributed by atoms with E-state index in [2.05, 4.69) is 5.32 Å². The zero-order valence-corrected chi connectivity index (χ0v) is 17.5. The Labute approximate surface area is 174 Å². The van der Waals surface area contributed by atoms with E-state index in [1.807, 2.05) is 0 Å². The van der Waals surface area contributed by atoms with E-state index in [0.717, 1.165) is 0 Å². The maximum atomic E-state index is 13.0. The van der Waals surface area contributed by atoms with Gasteiger partial charge in [-0.15, -0.1) is 0 Å². The Morgan fingerprint density at radius 1 is 1.23 bits per heavy atom. The van der Waals surface area contributed by atoms with Crippen molar-refractivity contribution in [2.75, 3.05) is 25.5 Å². The predicted molar refractivity (Wildman–Crippen MR) is 111 cm³/mol. The molecule has 1 N–H and O–H groups in total. The van der Waals surface area contributed by atoms with Gasteiger partial charge in [0.25, 0.3) is 5.69 Å². The van der Waals surface area contributed by atoms with Gasteiger partial charge in [0.2, 0.25) is 15.9 Å². The smallest absolute Gasteiger partial charge is 0.271 e. The van der Waals surface area contributed by atoms with Gasteiger partial charge in [-0.3, -0.25) is 14.9 Å². The summed E-state index contributed by atoms with van der Waals surface area (Å²) in [6.07, 6.45) is 1.08. The van der Waals surface area contributed by atoms with E-state index in [1.54, 1.807) is 25.1 Å². The minimum absolute atomic E-state index is 0.0498. The SMILES string of the molecule is COc1ccc(S(=O)(=O)N2CCC[C@H](C(=O)Nc3cc([N+](=O)[O-])ccc3C)C2)cc1. The number of benzene rings is 2. The number of carbonyl (C=O) groups is 1. The zero-order valence-electron chi connectivity index (χ0n) is 16.7. The van der Waals surface area contributed by atoms with Gasteiger partial charge in [-0.1, -0.05) is 6.07 Å². The molecule has 2 aromatic carbocycles. The molecule has 0 unspecified atom stereocenters. The lowest BCUT2D eigenvalue weighted by atomic mass is 9.98. The Balaban J connectivity index is 1.74. The summed E-state index contributed by atoms with van der Waals surface area (Å²) in [7, 11) is -2.24. The van der Waals surface area contributed by atoms with E-state index < -0.39 is 20.9 Å². The number of nitro groups is 1. The lowest BCUT2D eigenvalue weighted by Crippen LogP contribution is -2.43. The lowest BCUT2D eigenvalue weighted by Gasteiger charge is -2.31. The van der Waals surface area contributed by atoms with Crippen LogP contribution >= 0.6 is 0 Å². The molecule has 2 aromatic rings. The number of amides is 1. The number of hydrogen-bond acceptors (Lipinski definition) is 6. The first-order valence-electron chi connectivity index (χ1n) is 9.42. The molecule has 0 radical (unpaired) electrons. The van der Waals surface area contributed by atoms with Gasteiger partial charge in [-0.05, 0) is 49.6 Å². The fourth-order valence-electron chi connectivity index (χ4n) is 3.36. The molecule has 1 aliphatic rings. The Bertz CT molecular complexity index is 1050. The van der Waals surface area contributed by atoms with E-state index in [0.29, 0.717) is 36.4 Å². The third-order valence-electron chi connectivity index (χ3n) is 5.14. The van der Waals surface area contributed by atoms with Gasteiger partial charge in [0.15, 0.2) is 0 Å². The highest BCUT2D eigenvalue weighted by molar-refractivity contribution is 7.89. The average molecular weight is 433 g/mol. The van der Waals surface area contributed by atoms with Crippen LogP contribution in [0, 0.1) is 23.0 Å². The fraction of sp³-hybridized carbons (Fsp3) is 0.350. The minimum atomic E-state index is -3.74. The van der Waals surface area contributed by atoms with Gasteiger partial charge in [-0.2, -0.15) is 4.31 Å². The van der Waals surface area contributed by atoms with Crippen LogP contribution in [0.5, 0.6) is 5.75 Å². The molecule has 3 rings (SSSR count). The molecule has 1 atom stereocenters. The number of nitro benzene ring substituents is 1. The highest BCUT2D eigenvalue weighted by atomic mass is 32.2. The second-order valence-corrected chi connectivity index (χ2v) is 9.06. The van der Waals surface area contributed by atoms with Crippen molar-refractivity contribution in [2.24, 2.45) is 5.92 Å². The number of aryl methyl sites for hydroxylation is 1. The van der Waals surface area contributed by atoms with Gasteiger partial charge in [-0.25, -0.2) is 8.42 Å². The summed E-state index contributed by atoms with van der Waals surface area (Å²) in [5, 5.41) is 13.7. The Kier molecular flexibility index (Phi) is 6.37. The van der Waals surface area contributed by atoms with Crippen molar-refractivity contribution in [3.05, 3.63) is 58.1 Å². The predicted octanol–water partition coefficient (Wildman–Crippen LogP) is 2.95. The summed E-state index contributed by atoms with van der Waals surface area (Å²) in [6.45, 7) is 2.11. The zero-order chi connectivity index (χ0) is 21.9. The maximum Gasteiger partial charge on any atom is 0.271 e. The van der Waals surface area contributed by atoms with Crippen molar-refractivity contribution in [1.29, 1.82) is 0 Å². The standard InChI is InChI=1S/C20H23N3O6S/c1-14-5-6-16(23(25)26)12-19(14)21-20(24)15-4-3-11-22(13-15)30(27,28)18-9-7-17(29-2)8-10-18/h5-10,12,15H,3-4,11,13H2,1-2H3,(H,21,24)/t15-/m0/s1. The number of anilines is 1. The maximum absolute atomic E-state index is 13.0. The molecule has 0 spiro atoms. The van der Waals surface area contributed by atoms with Crippen LogP contribution in [0.2, 0.25) is 0 Å². The molecule has 1 heterocycles. The molecular weight excluding hydrogens is 410 g/mol. The van der Waals surface area contributed by atoms with Crippen LogP contribution in [0.1, 0.15) is 18.4 Å². The number of rotatable bonds is 6. The van der Waals surface area contributed by atoms with Gasteiger partial charge in [0.1, 0.15) is 5.75 Å². The monoisotopic (exact) mass is 433 g/mol. The Morgan fingerprint density at radius 2 is 1.93 bits per heavy atom. The van der Waals surface area contributed by atoms with E-state index in [4.69, 9.17) is 4.74 Å². The van der Waals surface area contributed by atoms with Crippen LogP contribution in [0.3, 0.4) is 0 Å². The van der Waals surface area contributed by atoms with Crippen LogP contribution in [-0.2, 0) is 14.8 Å². The van der Waals surface area contributed by atoms with Gasteiger partial charge in [0.05, 0.1) is 28.5 Å². The molecule has 30 heavy (non-hydrogen) atoms. The topological polar surface area (TPSA) is 119 Å². The van der Waals surface area contributed by atoms with Crippen LogP contribution in [0.15, 0.2) is 47.4 Å². The number of non-ortho nitro benzene ring substituents is 1. The Morgan fingerprint density at radius 3 is 2.57 bits per heavy atom. The highest BCUT2D eigenvalue weighted by Gasteiger charge is 2.33. The number of piperidine rings is 1. The highest BCUT2D eigenvalue weighted by Crippen LogP contribution is 2.27. The van der Waals surface area contributed by atoms with Crippen molar-refractivity contribution >= 4 is 27.3 Å². The normalized spacial score (nSPS) is 17.3. The molecule has 1 amide bonds. The summed E-state index contributed by atoms with van der Waals surface area (Å²) in [5.41, 5.74) is 0.917. The first-order chi connectivity index (χ1) is 14.2. The van der Waals surface area contributed by atoms with Gasteiger partial charge >= 0.3 is 0 Å². The number of hydrogen-bond donors (Lipinski definition) is 1. The summed E-state index contributed by atoms with van der Waals surface area (Å²) >= 11 is 0. The van der Waals surface area contributed by atoms with Gasteiger partial charge < -0.3 is 10.1 Å². The number of methoxy groups -OCH3 is 1. The van der Waals surface area contributed by atoms with Crippen molar-refractivity contribution in [2.45, 2.75) is 24.7 Å². The molecule has 10 heteroatoms. The van der Waals surface area contributed by atoms with Crippen LogP contribution in [-0.4, -0.2) is 43.8 Å². The average Bonchev–Trinajstić information content (AvgIpc) is 2.75. The molecular formula is C20H23N3O6S. The number of nitrogens with zero attached hydrogens (tertiary/aromatic N) is 2. The number of ether oxygens (including phenoxy) is 1. The molecule has 0 aromatic heterocycles. The summed E-state index contributed by atoms with van der Waals surface area (Å²) in [4.78, 5) is 23.4. The molecule has 1 aliphatic heterocycles. The van der Waals surface area contributed by atoms with Gasteiger partial charge in [0, 0.05) is 25.2 Å². The number of sulfonamides is 1. The van der Waals surface area contributed by atoms with Crippen molar-refractivity contribution in [1.82, 2.24) is 4.31 Å². The Hall–Kier alpha value is -2.98. The molecule has 0 aliphatic carbocycles. The number of carbonyl (C=O) groups excluding carboxylic acids is 1. The third-order valence-corrected chi connectivity index (χ3v) is 7.02. The second kappa shape index (κ2) is 8.80. The van der Waals surface area contributed by atoms with Crippen LogP contribution in [0.25, 0.3) is 0 Å². The quantitative estimate of drug-likeness (QED) is 0.553. The van der Waals surface area contributed by atoms with Crippen molar-refractivity contribution in [3.8, 4) is 5.75 Å². The molecule has 0 saturated carbocycles. The molecule has 1 saturated heterocycles. The molecule has 1 fully saturated rings. The molecule has 0 bridgehead atoms.